The summed E-state index contributed by atoms with van der Waals surface area (Å²) in [7, 11) is 1.72. The SMILES string of the molecule is COc1ccc(CSC2=N[C@@H]3CS(=O)(=O)C[C@@H]3N2c2cc(OC)ccc2OC)cc1. The summed E-state index contributed by atoms with van der Waals surface area (Å²) < 4.78 is 40.7. The number of hydrogen-bond donors (Lipinski definition) is 0. The summed E-state index contributed by atoms with van der Waals surface area (Å²) >= 11 is 1.59. The van der Waals surface area contributed by atoms with E-state index in [1.807, 2.05) is 47.4 Å². The van der Waals surface area contributed by atoms with E-state index in [9.17, 15) is 8.42 Å². The fourth-order valence-electron chi connectivity index (χ4n) is 3.77. The van der Waals surface area contributed by atoms with Gasteiger partial charge in [-0.05, 0) is 29.8 Å². The van der Waals surface area contributed by atoms with Crippen molar-refractivity contribution in [2.24, 2.45) is 4.99 Å². The molecule has 2 atom stereocenters. The van der Waals surface area contributed by atoms with Crippen LogP contribution in [0.25, 0.3) is 0 Å². The van der Waals surface area contributed by atoms with Gasteiger partial charge in [0.15, 0.2) is 15.0 Å². The minimum Gasteiger partial charge on any atom is -0.497 e. The number of sulfone groups is 1. The molecule has 160 valence electrons. The van der Waals surface area contributed by atoms with Crippen molar-refractivity contribution in [2.75, 3.05) is 37.7 Å². The molecule has 2 aromatic rings. The summed E-state index contributed by atoms with van der Waals surface area (Å²) in [5, 5.41) is 0.794. The predicted octanol–water partition coefficient (Wildman–Crippen LogP) is 2.99. The highest BCUT2D eigenvalue weighted by Gasteiger charge is 2.47. The summed E-state index contributed by atoms with van der Waals surface area (Å²) in [4.78, 5) is 6.79. The molecule has 2 aliphatic heterocycles. The lowest BCUT2D eigenvalue weighted by Crippen LogP contribution is -2.39. The van der Waals surface area contributed by atoms with Crippen LogP contribution in [0.5, 0.6) is 17.2 Å². The standard InChI is InChI=1S/C21H24N2O5S2/c1-26-15-6-4-14(5-7-15)11-29-21-22-17-12-30(24,25)13-19(17)23(21)18-10-16(27-2)8-9-20(18)28-3/h4-10,17,19H,11-13H2,1-3H3/t17-,19+/m1/s1. The number of benzene rings is 2. The zero-order valence-electron chi connectivity index (χ0n) is 17.1. The van der Waals surface area contributed by atoms with Gasteiger partial charge < -0.3 is 19.1 Å². The van der Waals surface area contributed by atoms with Gasteiger partial charge in [0.25, 0.3) is 0 Å². The molecule has 0 N–H and O–H groups in total. The Bertz CT molecular complexity index is 1050. The van der Waals surface area contributed by atoms with E-state index in [1.54, 1.807) is 33.1 Å². The molecular weight excluding hydrogens is 424 g/mol. The summed E-state index contributed by atoms with van der Waals surface area (Å²) in [5.74, 6) is 3.00. The van der Waals surface area contributed by atoms with Crippen LogP contribution >= 0.6 is 11.8 Å². The van der Waals surface area contributed by atoms with Gasteiger partial charge in [-0.15, -0.1) is 0 Å². The minimum absolute atomic E-state index is 0.0764. The summed E-state index contributed by atoms with van der Waals surface area (Å²) in [5.41, 5.74) is 1.90. The van der Waals surface area contributed by atoms with Gasteiger partial charge in [-0.25, -0.2) is 8.42 Å². The highest BCUT2D eigenvalue weighted by molar-refractivity contribution is 8.13. The van der Waals surface area contributed by atoms with Gasteiger partial charge in [-0.1, -0.05) is 23.9 Å². The van der Waals surface area contributed by atoms with Crippen molar-refractivity contribution in [3.05, 3.63) is 48.0 Å². The van der Waals surface area contributed by atoms with Gasteiger partial charge in [-0.2, -0.15) is 0 Å². The highest BCUT2D eigenvalue weighted by Crippen LogP contribution is 2.41. The van der Waals surface area contributed by atoms with Crippen molar-refractivity contribution in [2.45, 2.75) is 17.8 Å². The normalized spacial score (nSPS) is 21.8. The second-order valence-electron chi connectivity index (χ2n) is 7.17. The molecule has 30 heavy (non-hydrogen) atoms. The summed E-state index contributed by atoms with van der Waals surface area (Å²) in [6.45, 7) is 0. The lowest BCUT2D eigenvalue weighted by Gasteiger charge is -2.28. The average molecular weight is 449 g/mol. The van der Waals surface area contributed by atoms with Crippen LogP contribution in [0.3, 0.4) is 0 Å². The Labute approximate surface area is 181 Å². The molecule has 2 heterocycles. The Hall–Kier alpha value is -2.39. The first-order valence-corrected chi connectivity index (χ1v) is 12.3. The van der Waals surface area contributed by atoms with Crippen molar-refractivity contribution in [3.8, 4) is 17.2 Å². The molecule has 2 aromatic carbocycles. The molecule has 0 bridgehead atoms. The number of methoxy groups -OCH3 is 3. The number of ether oxygens (including phenoxy) is 3. The fraction of sp³-hybridized carbons (Fsp3) is 0.381. The van der Waals surface area contributed by atoms with Crippen LogP contribution in [0.4, 0.5) is 5.69 Å². The van der Waals surface area contributed by atoms with Crippen molar-refractivity contribution >= 4 is 32.5 Å². The van der Waals surface area contributed by atoms with E-state index >= 15 is 0 Å². The monoisotopic (exact) mass is 448 g/mol. The lowest BCUT2D eigenvalue weighted by atomic mass is 10.1. The van der Waals surface area contributed by atoms with Crippen molar-refractivity contribution in [1.82, 2.24) is 0 Å². The number of amidine groups is 1. The maximum atomic E-state index is 12.3. The van der Waals surface area contributed by atoms with Crippen LogP contribution in [0, 0.1) is 0 Å². The Morgan fingerprint density at radius 1 is 1.00 bits per heavy atom. The van der Waals surface area contributed by atoms with Gasteiger partial charge in [0.2, 0.25) is 0 Å². The zero-order valence-corrected chi connectivity index (χ0v) is 18.7. The average Bonchev–Trinajstić information content (AvgIpc) is 3.22. The number of thioether (sulfide) groups is 1. The largest absolute Gasteiger partial charge is 0.497 e. The number of anilines is 1. The molecular formula is C21H24N2O5S2. The summed E-state index contributed by atoms with van der Waals surface area (Å²) in [6, 6.07) is 12.9. The first-order valence-electron chi connectivity index (χ1n) is 9.49. The second-order valence-corrected chi connectivity index (χ2v) is 10.3. The predicted molar refractivity (Wildman–Crippen MR) is 120 cm³/mol. The maximum absolute atomic E-state index is 12.3. The minimum atomic E-state index is -3.12. The fourth-order valence-corrected chi connectivity index (χ4v) is 6.69. The Morgan fingerprint density at radius 2 is 1.70 bits per heavy atom. The third-order valence-corrected chi connectivity index (χ3v) is 8.02. The molecule has 0 unspecified atom stereocenters. The maximum Gasteiger partial charge on any atom is 0.164 e. The Balaban J connectivity index is 1.65. The van der Waals surface area contributed by atoms with Gasteiger partial charge in [0.1, 0.15) is 17.2 Å². The van der Waals surface area contributed by atoms with E-state index in [2.05, 4.69) is 0 Å². The van der Waals surface area contributed by atoms with Crippen LogP contribution < -0.4 is 19.1 Å². The van der Waals surface area contributed by atoms with Crippen LogP contribution in [-0.4, -0.2) is 58.5 Å². The third kappa shape index (κ3) is 4.09. The van der Waals surface area contributed by atoms with Crippen LogP contribution in [0.1, 0.15) is 5.56 Å². The molecule has 0 aliphatic carbocycles. The molecule has 7 nitrogen and oxygen atoms in total. The van der Waals surface area contributed by atoms with Gasteiger partial charge in [-0.3, -0.25) is 4.99 Å². The van der Waals surface area contributed by atoms with Crippen molar-refractivity contribution in [1.29, 1.82) is 0 Å². The molecule has 9 heteroatoms. The number of nitrogens with zero attached hydrogens (tertiary/aromatic N) is 2. The van der Waals surface area contributed by atoms with Gasteiger partial charge in [0.05, 0.1) is 50.6 Å². The molecule has 0 spiro atoms. The topological polar surface area (TPSA) is 77.4 Å². The molecule has 0 saturated carbocycles. The first kappa shape index (κ1) is 20.9. The Kier molecular flexibility index (Phi) is 5.84. The quantitative estimate of drug-likeness (QED) is 0.672. The lowest BCUT2D eigenvalue weighted by molar-refractivity contribution is 0.403. The van der Waals surface area contributed by atoms with Gasteiger partial charge >= 0.3 is 0 Å². The second kappa shape index (κ2) is 8.39. The first-order chi connectivity index (χ1) is 14.4. The smallest absolute Gasteiger partial charge is 0.164 e. The van der Waals surface area contributed by atoms with E-state index in [-0.39, 0.29) is 23.6 Å². The molecule has 0 radical (unpaired) electrons. The van der Waals surface area contributed by atoms with E-state index < -0.39 is 9.84 Å². The molecule has 1 saturated heterocycles. The van der Waals surface area contributed by atoms with Crippen molar-refractivity contribution in [3.63, 3.8) is 0 Å². The van der Waals surface area contributed by atoms with E-state index in [0.717, 1.165) is 22.2 Å². The molecule has 1 fully saturated rings. The highest BCUT2D eigenvalue weighted by atomic mass is 32.2. The van der Waals surface area contributed by atoms with Crippen LogP contribution in [-0.2, 0) is 15.6 Å². The van der Waals surface area contributed by atoms with Gasteiger partial charge in [0, 0.05) is 11.8 Å². The van der Waals surface area contributed by atoms with E-state index in [1.165, 1.54) is 0 Å². The van der Waals surface area contributed by atoms with Crippen molar-refractivity contribution < 1.29 is 22.6 Å². The van der Waals surface area contributed by atoms with E-state index in [0.29, 0.717) is 17.3 Å². The number of hydrogen-bond acceptors (Lipinski definition) is 8. The number of aliphatic imine (C=N–C) groups is 1. The molecule has 4 rings (SSSR count). The Morgan fingerprint density at radius 3 is 2.37 bits per heavy atom. The molecule has 0 aromatic heterocycles. The third-order valence-electron chi connectivity index (χ3n) is 5.28. The number of rotatable bonds is 6. The molecule has 0 amide bonds. The summed E-state index contributed by atoms with van der Waals surface area (Å²) in [6.07, 6.45) is 0. The zero-order chi connectivity index (χ0) is 21.3. The van der Waals surface area contributed by atoms with E-state index in [4.69, 9.17) is 19.2 Å². The number of fused-ring (bicyclic) bond motifs is 1. The van der Waals surface area contributed by atoms with Crippen LogP contribution in [0.2, 0.25) is 0 Å². The van der Waals surface area contributed by atoms with Crippen LogP contribution in [0.15, 0.2) is 47.5 Å². The molecule has 2 aliphatic rings.